The molecule has 0 saturated carbocycles. The molecule has 1 amide bonds. The predicted octanol–water partition coefficient (Wildman–Crippen LogP) is 2.20. The molecule has 1 aliphatic rings. The number of hydrogen-bond donors (Lipinski definition) is 0. The van der Waals surface area contributed by atoms with Gasteiger partial charge in [0.05, 0.1) is 0 Å². The van der Waals surface area contributed by atoms with Crippen molar-refractivity contribution in [1.29, 1.82) is 0 Å². The van der Waals surface area contributed by atoms with Crippen molar-refractivity contribution in [2.24, 2.45) is 4.99 Å². The average molecular weight is 198 g/mol. The number of rotatable bonds is 1. The molecule has 0 fully saturated rings. The maximum Gasteiger partial charge on any atom is 0.263 e. The fourth-order valence-corrected chi connectivity index (χ4v) is 1.31. The third kappa shape index (κ3) is 1.86. The van der Waals surface area contributed by atoms with Crippen LogP contribution in [0.3, 0.4) is 0 Å². The fourth-order valence-electron chi connectivity index (χ4n) is 1.31. The van der Waals surface area contributed by atoms with Gasteiger partial charge >= 0.3 is 0 Å². The summed E-state index contributed by atoms with van der Waals surface area (Å²) in [4.78, 5) is 17.3. The summed E-state index contributed by atoms with van der Waals surface area (Å²) >= 11 is 0. The lowest BCUT2D eigenvalue weighted by molar-refractivity contribution is 0.0856. The normalized spacial score (nSPS) is 14.4. The molecule has 3 nitrogen and oxygen atoms in total. The summed E-state index contributed by atoms with van der Waals surface area (Å²) in [6.07, 6.45) is 4.97. The maximum absolute atomic E-state index is 12.0. The smallest absolute Gasteiger partial charge is 0.263 e. The molecule has 0 aliphatic carbocycles. The van der Waals surface area contributed by atoms with Crippen molar-refractivity contribution < 1.29 is 4.79 Å². The zero-order valence-electron chi connectivity index (χ0n) is 8.13. The van der Waals surface area contributed by atoms with E-state index in [4.69, 9.17) is 0 Å². The molecule has 74 valence electrons. The Bertz CT molecular complexity index is 446. The summed E-state index contributed by atoms with van der Waals surface area (Å²) in [5, 5.41) is 0. The summed E-state index contributed by atoms with van der Waals surface area (Å²) in [5.41, 5.74) is 0.625. The van der Waals surface area contributed by atoms with Gasteiger partial charge in [0, 0.05) is 18.0 Å². The monoisotopic (exact) mass is 198 g/mol. The molecule has 0 saturated heterocycles. The lowest BCUT2D eigenvalue weighted by Crippen LogP contribution is -2.25. The van der Waals surface area contributed by atoms with Crippen LogP contribution in [-0.2, 0) is 0 Å². The van der Waals surface area contributed by atoms with E-state index in [1.807, 2.05) is 18.2 Å². The molecule has 1 aromatic carbocycles. The van der Waals surface area contributed by atoms with E-state index in [-0.39, 0.29) is 5.91 Å². The van der Waals surface area contributed by atoms with Crippen molar-refractivity contribution in [2.75, 3.05) is 0 Å². The molecule has 3 heteroatoms. The summed E-state index contributed by atoms with van der Waals surface area (Å²) in [6.45, 7) is 3.70. The summed E-state index contributed by atoms with van der Waals surface area (Å²) in [5.74, 6) is 0.319. The van der Waals surface area contributed by atoms with Gasteiger partial charge in [-0.3, -0.25) is 9.69 Å². The minimum atomic E-state index is -0.117. The highest BCUT2D eigenvalue weighted by molar-refractivity contribution is 5.97. The fraction of sp³-hybridized carbons (Fsp3) is 0. The Kier molecular flexibility index (Phi) is 2.46. The zero-order chi connectivity index (χ0) is 10.7. The Hall–Kier alpha value is -2.16. The van der Waals surface area contributed by atoms with Gasteiger partial charge in [0.2, 0.25) is 0 Å². The van der Waals surface area contributed by atoms with Crippen molar-refractivity contribution in [3.63, 3.8) is 0 Å². The zero-order valence-corrected chi connectivity index (χ0v) is 8.13. The Morgan fingerprint density at radius 1 is 1.27 bits per heavy atom. The second-order valence-electron chi connectivity index (χ2n) is 3.08. The maximum atomic E-state index is 12.0. The first-order valence-corrected chi connectivity index (χ1v) is 4.57. The third-order valence-corrected chi connectivity index (χ3v) is 2.06. The number of carbonyl (C=O) groups excluding carboxylic acids is 1. The van der Waals surface area contributed by atoms with E-state index < -0.39 is 0 Å². The summed E-state index contributed by atoms with van der Waals surface area (Å²) in [7, 11) is 0. The van der Waals surface area contributed by atoms with Crippen LogP contribution in [0.25, 0.3) is 0 Å². The topological polar surface area (TPSA) is 32.7 Å². The number of benzene rings is 1. The minimum absolute atomic E-state index is 0.117. The average Bonchev–Trinajstić information content (AvgIpc) is 2.30. The van der Waals surface area contributed by atoms with Gasteiger partial charge in [0.15, 0.2) is 0 Å². The van der Waals surface area contributed by atoms with Crippen LogP contribution in [0.1, 0.15) is 10.4 Å². The Morgan fingerprint density at radius 2 is 2.00 bits per heavy atom. The Balaban J connectivity index is 2.26. The van der Waals surface area contributed by atoms with Gasteiger partial charge in [-0.05, 0) is 18.2 Å². The third-order valence-electron chi connectivity index (χ3n) is 2.06. The van der Waals surface area contributed by atoms with Gasteiger partial charge in [0.25, 0.3) is 5.91 Å². The second-order valence-corrected chi connectivity index (χ2v) is 3.08. The van der Waals surface area contributed by atoms with Crippen molar-refractivity contribution in [3.8, 4) is 0 Å². The first-order valence-electron chi connectivity index (χ1n) is 4.57. The molecule has 2 rings (SSSR count). The molecule has 0 bridgehead atoms. The predicted molar refractivity (Wildman–Crippen MR) is 59.4 cm³/mol. The molecule has 0 unspecified atom stereocenters. The van der Waals surface area contributed by atoms with Crippen molar-refractivity contribution in [1.82, 2.24) is 4.90 Å². The summed E-state index contributed by atoms with van der Waals surface area (Å²) in [6, 6.07) is 9.05. The lowest BCUT2D eigenvalue weighted by Gasteiger charge is -2.19. The van der Waals surface area contributed by atoms with Crippen LogP contribution in [0.15, 0.2) is 60.0 Å². The lowest BCUT2D eigenvalue weighted by atomic mass is 10.2. The largest absolute Gasteiger partial charge is 0.268 e. The molecule has 0 radical (unpaired) electrons. The standard InChI is InChI=1S/C12H10N2O/c1-10-13-8-5-9-14(10)12(15)11-6-3-2-4-7-11/h2-9H,1H2. The van der Waals surface area contributed by atoms with E-state index in [9.17, 15) is 4.79 Å². The van der Waals surface area contributed by atoms with Crippen molar-refractivity contribution in [2.45, 2.75) is 0 Å². The van der Waals surface area contributed by atoms with E-state index in [2.05, 4.69) is 11.6 Å². The molecule has 0 atom stereocenters. The van der Waals surface area contributed by atoms with Crippen LogP contribution in [0, 0.1) is 0 Å². The van der Waals surface area contributed by atoms with Crippen LogP contribution in [0.5, 0.6) is 0 Å². The van der Waals surface area contributed by atoms with E-state index in [0.29, 0.717) is 11.4 Å². The quantitative estimate of drug-likeness (QED) is 0.680. The molecule has 1 aromatic rings. The van der Waals surface area contributed by atoms with Gasteiger partial charge in [0.1, 0.15) is 5.82 Å². The van der Waals surface area contributed by atoms with Crippen LogP contribution >= 0.6 is 0 Å². The number of allylic oxidation sites excluding steroid dienone is 1. The molecule has 15 heavy (non-hydrogen) atoms. The number of amides is 1. The van der Waals surface area contributed by atoms with Crippen molar-refractivity contribution in [3.05, 3.63) is 60.6 Å². The van der Waals surface area contributed by atoms with Gasteiger partial charge < -0.3 is 0 Å². The second kappa shape index (κ2) is 3.92. The molecular formula is C12H10N2O. The number of hydrogen-bond acceptors (Lipinski definition) is 2. The Labute approximate surface area is 88.1 Å². The Morgan fingerprint density at radius 3 is 2.67 bits per heavy atom. The molecule has 0 spiro atoms. The van der Waals surface area contributed by atoms with E-state index in [1.54, 1.807) is 30.6 Å². The van der Waals surface area contributed by atoms with Crippen LogP contribution in [0.4, 0.5) is 0 Å². The van der Waals surface area contributed by atoms with Gasteiger partial charge in [-0.2, -0.15) is 0 Å². The number of aliphatic imine (C=N–C) groups is 1. The SMILES string of the molecule is C=C1N=CC=CN1C(=O)c1ccccc1. The minimum Gasteiger partial charge on any atom is -0.268 e. The van der Waals surface area contributed by atoms with E-state index in [1.165, 1.54) is 4.90 Å². The highest BCUT2D eigenvalue weighted by Crippen LogP contribution is 2.13. The molecule has 1 aliphatic heterocycles. The molecular weight excluding hydrogens is 188 g/mol. The van der Waals surface area contributed by atoms with Crippen LogP contribution in [0.2, 0.25) is 0 Å². The highest BCUT2D eigenvalue weighted by atomic mass is 16.2. The molecule has 1 heterocycles. The number of carbonyl (C=O) groups is 1. The van der Waals surface area contributed by atoms with Crippen LogP contribution in [-0.4, -0.2) is 17.0 Å². The first kappa shape index (κ1) is 9.40. The number of nitrogens with zero attached hydrogens (tertiary/aromatic N) is 2. The van der Waals surface area contributed by atoms with Crippen molar-refractivity contribution >= 4 is 12.1 Å². The van der Waals surface area contributed by atoms with Gasteiger partial charge in [-0.1, -0.05) is 24.8 Å². The summed E-state index contributed by atoms with van der Waals surface area (Å²) < 4.78 is 0. The van der Waals surface area contributed by atoms with Gasteiger partial charge in [-0.25, -0.2) is 4.99 Å². The van der Waals surface area contributed by atoms with E-state index in [0.717, 1.165) is 0 Å². The first-order chi connectivity index (χ1) is 7.29. The molecule has 0 N–H and O–H groups in total. The molecule has 0 aromatic heterocycles. The van der Waals surface area contributed by atoms with Crippen LogP contribution < -0.4 is 0 Å². The highest BCUT2D eigenvalue weighted by Gasteiger charge is 2.16. The van der Waals surface area contributed by atoms with Gasteiger partial charge in [-0.15, -0.1) is 0 Å². The van der Waals surface area contributed by atoms with E-state index >= 15 is 0 Å².